The van der Waals surface area contributed by atoms with Gasteiger partial charge in [-0.25, -0.2) is 0 Å². The number of aromatic nitrogens is 2. The highest BCUT2D eigenvalue weighted by Gasteiger charge is 2.10. The summed E-state index contributed by atoms with van der Waals surface area (Å²) >= 11 is 1.62. The normalized spacial score (nSPS) is 11.1. The second kappa shape index (κ2) is 4.55. The van der Waals surface area contributed by atoms with E-state index in [4.69, 9.17) is 4.52 Å². The largest absolute Gasteiger partial charge is 0.338 e. The molecular formula is C10H13N3OS. The summed E-state index contributed by atoms with van der Waals surface area (Å²) in [5.74, 6) is 1.35. The molecule has 15 heavy (non-hydrogen) atoms. The molecule has 0 unspecified atom stereocenters. The second-order valence-electron chi connectivity index (χ2n) is 3.32. The summed E-state index contributed by atoms with van der Waals surface area (Å²) < 4.78 is 5.16. The highest BCUT2D eigenvalue weighted by molar-refractivity contribution is 7.13. The molecule has 0 fully saturated rings. The minimum absolute atomic E-state index is 0.669. The molecule has 2 aromatic rings. The Bertz CT molecular complexity index is 410. The Labute approximate surface area is 92.5 Å². The smallest absolute Gasteiger partial charge is 0.241 e. The third kappa shape index (κ3) is 2.43. The zero-order valence-corrected chi connectivity index (χ0v) is 9.62. The average molecular weight is 223 g/mol. The Kier molecular flexibility index (Phi) is 3.13. The molecule has 0 radical (unpaired) electrons. The zero-order chi connectivity index (χ0) is 10.7. The van der Waals surface area contributed by atoms with Crippen LogP contribution in [0.2, 0.25) is 0 Å². The van der Waals surface area contributed by atoms with Crippen molar-refractivity contribution in [2.75, 3.05) is 13.6 Å². The van der Waals surface area contributed by atoms with Gasteiger partial charge in [0.05, 0.1) is 11.4 Å². The van der Waals surface area contributed by atoms with Crippen LogP contribution in [0.3, 0.4) is 0 Å². The van der Waals surface area contributed by atoms with Crippen LogP contribution in [0, 0.1) is 0 Å². The standard InChI is InChI=1S/C10H13N3OS/c1-3-13(2)7-9-11-10(12-14-9)8-5-4-6-15-8/h4-6H,3,7H2,1-2H3. The molecular weight excluding hydrogens is 210 g/mol. The summed E-state index contributed by atoms with van der Waals surface area (Å²) in [5.41, 5.74) is 0. The molecule has 0 aliphatic heterocycles. The summed E-state index contributed by atoms with van der Waals surface area (Å²) in [6.45, 7) is 3.77. The Hall–Kier alpha value is -1.20. The lowest BCUT2D eigenvalue weighted by atomic mass is 10.4. The van der Waals surface area contributed by atoms with Gasteiger partial charge < -0.3 is 4.52 Å². The lowest BCUT2D eigenvalue weighted by Gasteiger charge is -2.08. The molecule has 0 aliphatic rings. The van der Waals surface area contributed by atoms with Gasteiger partial charge in [0.15, 0.2) is 0 Å². The Morgan fingerprint density at radius 3 is 3.07 bits per heavy atom. The maximum absolute atomic E-state index is 5.16. The van der Waals surface area contributed by atoms with Gasteiger partial charge >= 0.3 is 0 Å². The fourth-order valence-corrected chi connectivity index (χ4v) is 1.82. The number of thiophene rings is 1. The average Bonchev–Trinajstić information content (AvgIpc) is 2.85. The molecule has 0 bridgehead atoms. The molecule has 2 rings (SSSR count). The summed E-state index contributed by atoms with van der Waals surface area (Å²) in [7, 11) is 2.02. The van der Waals surface area contributed by atoms with E-state index in [0.717, 1.165) is 11.4 Å². The van der Waals surface area contributed by atoms with Gasteiger partial charge in [-0.1, -0.05) is 18.1 Å². The molecule has 0 atom stereocenters. The van der Waals surface area contributed by atoms with Gasteiger partial charge in [-0.05, 0) is 25.0 Å². The van der Waals surface area contributed by atoms with Crippen molar-refractivity contribution in [2.45, 2.75) is 13.5 Å². The number of hydrogen-bond donors (Lipinski definition) is 0. The van der Waals surface area contributed by atoms with Gasteiger partial charge in [0.2, 0.25) is 11.7 Å². The van der Waals surface area contributed by atoms with Crippen LogP contribution in [0.25, 0.3) is 10.7 Å². The molecule has 4 nitrogen and oxygen atoms in total. The third-order valence-corrected chi connectivity index (χ3v) is 3.02. The van der Waals surface area contributed by atoms with Gasteiger partial charge in [0.1, 0.15) is 0 Å². The lowest BCUT2D eigenvalue weighted by Crippen LogP contribution is -2.16. The van der Waals surface area contributed by atoms with Crippen molar-refractivity contribution in [2.24, 2.45) is 0 Å². The van der Waals surface area contributed by atoms with Gasteiger partial charge in [0, 0.05) is 0 Å². The zero-order valence-electron chi connectivity index (χ0n) is 8.80. The number of rotatable bonds is 4. The maximum Gasteiger partial charge on any atom is 0.241 e. The van der Waals surface area contributed by atoms with Gasteiger partial charge in [0.25, 0.3) is 0 Å². The van der Waals surface area contributed by atoms with E-state index in [2.05, 4.69) is 22.0 Å². The van der Waals surface area contributed by atoms with Crippen LogP contribution in [0.1, 0.15) is 12.8 Å². The fourth-order valence-electron chi connectivity index (χ4n) is 1.17. The summed E-state index contributed by atoms with van der Waals surface area (Å²) in [5, 5.41) is 5.95. The quantitative estimate of drug-likeness (QED) is 0.797. The topological polar surface area (TPSA) is 42.2 Å². The van der Waals surface area contributed by atoms with E-state index in [9.17, 15) is 0 Å². The molecule has 5 heteroatoms. The van der Waals surface area contributed by atoms with Crippen LogP contribution >= 0.6 is 11.3 Å². The van der Waals surface area contributed by atoms with E-state index in [-0.39, 0.29) is 0 Å². The van der Waals surface area contributed by atoms with Crippen LogP contribution in [0.5, 0.6) is 0 Å². The lowest BCUT2D eigenvalue weighted by molar-refractivity contribution is 0.276. The first-order valence-electron chi connectivity index (χ1n) is 4.84. The SMILES string of the molecule is CCN(C)Cc1nc(-c2cccs2)no1. The van der Waals surface area contributed by atoms with Gasteiger partial charge in [-0.15, -0.1) is 11.3 Å². The van der Waals surface area contributed by atoms with Crippen molar-refractivity contribution in [3.8, 4) is 10.7 Å². The van der Waals surface area contributed by atoms with Gasteiger partial charge in [-0.2, -0.15) is 4.98 Å². The van der Waals surface area contributed by atoms with E-state index in [1.54, 1.807) is 11.3 Å². The van der Waals surface area contributed by atoms with E-state index in [1.807, 2.05) is 24.6 Å². The summed E-state index contributed by atoms with van der Waals surface area (Å²) in [4.78, 5) is 7.49. The first-order valence-corrected chi connectivity index (χ1v) is 5.72. The maximum atomic E-state index is 5.16. The molecule has 0 spiro atoms. The summed E-state index contributed by atoms with van der Waals surface area (Å²) in [6, 6.07) is 3.97. The number of hydrogen-bond acceptors (Lipinski definition) is 5. The Morgan fingerprint density at radius 1 is 1.53 bits per heavy atom. The van der Waals surface area contributed by atoms with Crippen LogP contribution < -0.4 is 0 Å². The van der Waals surface area contributed by atoms with Crippen molar-refractivity contribution < 1.29 is 4.52 Å². The molecule has 0 amide bonds. The summed E-state index contributed by atoms with van der Waals surface area (Å²) in [6.07, 6.45) is 0. The molecule has 0 saturated heterocycles. The van der Waals surface area contributed by atoms with Crippen LogP contribution in [0.15, 0.2) is 22.0 Å². The minimum atomic E-state index is 0.669. The van der Waals surface area contributed by atoms with E-state index in [0.29, 0.717) is 18.3 Å². The highest BCUT2D eigenvalue weighted by atomic mass is 32.1. The second-order valence-corrected chi connectivity index (χ2v) is 4.27. The minimum Gasteiger partial charge on any atom is -0.338 e. The first-order chi connectivity index (χ1) is 7.29. The van der Waals surface area contributed by atoms with Crippen LogP contribution in [-0.2, 0) is 6.54 Å². The van der Waals surface area contributed by atoms with Crippen molar-refractivity contribution in [3.05, 3.63) is 23.4 Å². The van der Waals surface area contributed by atoms with E-state index in [1.165, 1.54) is 0 Å². The molecule has 0 aromatic carbocycles. The molecule has 2 heterocycles. The van der Waals surface area contributed by atoms with Crippen molar-refractivity contribution in [3.63, 3.8) is 0 Å². The molecule has 80 valence electrons. The Balaban J connectivity index is 2.11. The monoisotopic (exact) mass is 223 g/mol. The van der Waals surface area contributed by atoms with Crippen LogP contribution in [-0.4, -0.2) is 28.6 Å². The highest BCUT2D eigenvalue weighted by Crippen LogP contribution is 2.21. The Morgan fingerprint density at radius 2 is 2.40 bits per heavy atom. The van der Waals surface area contributed by atoms with Crippen LogP contribution in [0.4, 0.5) is 0 Å². The molecule has 0 saturated carbocycles. The van der Waals surface area contributed by atoms with E-state index < -0.39 is 0 Å². The predicted octanol–water partition coefficient (Wildman–Crippen LogP) is 2.25. The molecule has 0 aliphatic carbocycles. The molecule has 0 N–H and O–H groups in total. The van der Waals surface area contributed by atoms with Crippen molar-refractivity contribution in [1.82, 2.24) is 15.0 Å². The van der Waals surface area contributed by atoms with Crippen molar-refractivity contribution in [1.29, 1.82) is 0 Å². The van der Waals surface area contributed by atoms with Gasteiger partial charge in [-0.3, -0.25) is 4.90 Å². The molecule has 2 aromatic heterocycles. The predicted molar refractivity (Wildman–Crippen MR) is 59.6 cm³/mol. The number of nitrogens with zero attached hydrogens (tertiary/aromatic N) is 3. The van der Waals surface area contributed by atoms with Crippen molar-refractivity contribution >= 4 is 11.3 Å². The third-order valence-electron chi connectivity index (χ3n) is 2.15. The first kappa shape index (κ1) is 10.3. The van der Waals surface area contributed by atoms with E-state index >= 15 is 0 Å². The fraction of sp³-hybridized carbons (Fsp3) is 0.400.